The van der Waals surface area contributed by atoms with Crippen molar-refractivity contribution in [1.29, 1.82) is 0 Å². The zero-order valence-electron chi connectivity index (χ0n) is 17.2. The number of nitrogens with zero attached hydrogens (tertiary/aromatic N) is 4. The Kier molecular flexibility index (Phi) is 5.00. The van der Waals surface area contributed by atoms with Crippen LogP contribution < -0.4 is 28.3 Å². The summed E-state index contributed by atoms with van der Waals surface area (Å²) in [6.07, 6.45) is 0. The summed E-state index contributed by atoms with van der Waals surface area (Å²) in [5.41, 5.74) is 30.0. The van der Waals surface area contributed by atoms with E-state index in [1.165, 1.54) is 0 Å². The molecule has 9 N–H and O–H groups in total. The second-order valence-corrected chi connectivity index (χ2v) is 7.23. The Morgan fingerprint density at radius 2 is 1.39 bits per heavy atom. The molecule has 0 aliphatic carbocycles. The van der Waals surface area contributed by atoms with Crippen molar-refractivity contribution in [2.24, 2.45) is 21.5 Å². The van der Waals surface area contributed by atoms with Gasteiger partial charge in [-0.3, -0.25) is 9.97 Å². The van der Waals surface area contributed by atoms with Gasteiger partial charge in [-0.15, -0.1) is 0 Å². The van der Waals surface area contributed by atoms with Gasteiger partial charge in [0, 0.05) is 39.2 Å². The lowest BCUT2D eigenvalue weighted by molar-refractivity contribution is 1.26. The van der Waals surface area contributed by atoms with Gasteiger partial charge in [0.1, 0.15) is 0 Å². The highest BCUT2D eigenvalue weighted by Gasteiger charge is 2.05. The van der Waals surface area contributed by atoms with Crippen LogP contribution in [0.1, 0.15) is 11.4 Å². The number of aryl methyl sites for hydroxylation is 2. The Bertz CT molecular complexity index is 1370. The van der Waals surface area contributed by atoms with Gasteiger partial charge >= 0.3 is 0 Å². The number of hydrogen-bond donors (Lipinski definition) is 5. The number of nitrogens with one attached hydrogen (secondary N) is 1. The van der Waals surface area contributed by atoms with Gasteiger partial charge in [-0.1, -0.05) is 0 Å². The largest absolute Gasteiger partial charge is 0.398 e. The predicted octanol–water partition coefficient (Wildman–Crippen LogP) is 2.94. The van der Waals surface area contributed by atoms with E-state index in [0.717, 1.165) is 33.2 Å². The summed E-state index contributed by atoms with van der Waals surface area (Å²) in [5, 5.41) is 4.61. The third-order valence-electron chi connectivity index (χ3n) is 4.67. The van der Waals surface area contributed by atoms with Crippen LogP contribution >= 0.6 is 0 Å². The lowest BCUT2D eigenvalue weighted by Gasteiger charge is -2.09. The zero-order chi connectivity index (χ0) is 22.1. The van der Waals surface area contributed by atoms with Crippen LogP contribution in [-0.2, 0) is 0 Å². The molecule has 2 aromatic carbocycles. The van der Waals surface area contributed by atoms with Crippen molar-refractivity contribution < 1.29 is 0 Å². The molecule has 2 aromatic heterocycles. The second-order valence-electron chi connectivity index (χ2n) is 7.23. The quantitative estimate of drug-likeness (QED) is 0.249. The Labute approximate surface area is 178 Å². The number of guanidine groups is 2. The smallest absolute Gasteiger partial charge is 0.223 e. The third kappa shape index (κ3) is 4.30. The maximum Gasteiger partial charge on any atom is 0.223 e. The number of aliphatic imine (C=N–C) groups is 2. The van der Waals surface area contributed by atoms with Crippen LogP contribution in [0, 0.1) is 13.8 Å². The van der Waals surface area contributed by atoms with Crippen LogP contribution in [0.4, 0.5) is 22.7 Å². The highest BCUT2D eigenvalue weighted by atomic mass is 15.2. The molecule has 0 radical (unpaired) electrons. The van der Waals surface area contributed by atoms with Crippen molar-refractivity contribution in [2.75, 3.05) is 16.8 Å². The SMILES string of the molecule is Cc1cc(N)c2cc(N=C(N)N=C(N)Nc3ccc4nc(C)cc(N)c4c3)ccc2n1. The molecule has 0 amide bonds. The van der Waals surface area contributed by atoms with Gasteiger partial charge in [-0.2, -0.15) is 4.99 Å². The molecule has 156 valence electrons. The molecule has 4 aromatic rings. The average Bonchev–Trinajstić information content (AvgIpc) is 2.68. The van der Waals surface area contributed by atoms with E-state index in [-0.39, 0.29) is 11.9 Å². The number of nitrogens with two attached hydrogens (primary N) is 4. The molecule has 0 fully saturated rings. The standard InChI is InChI=1S/C22H23N9/c1-11-7-17(23)15-9-13(3-5-19(15)27-11)29-21(25)31-22(26)30-14-4-6-20-16(10-14)18(24)8-12(2)28-20/h3-10H,1-2H3,(H2,23,27)(H2,24,28)(H5,25,26,29,30,31). The topological polar surface area (TPSA) is 167 Å². The van der Waals surface area contributed by atoms with Gasteiger partial charge in [0.25, 0.3) is 0 Å². The molecule has 0 aliphatic heterocycles. The molecule has 0 unspecified atom stereocenters. The first-order valence-corrected chi connectivity index (χ1v) is 9.57. The van der Waals surface area contributed by atoms with Crippen LogP contribution in [0.2, 0.25) is 0 Å². The second kappa shape index (κ2) is 7.79. The number of aromatic nitrogens is 2. The molecule has 2 heterocycles. The van der Waals surface area contributed by atoms with Crippen molar-refractivity contribution in [2.45, 2.75) is 13.8 Å². The number of benzene rings is 2. The van der Waals surface area contributed by atoms with Crippen molar-refractivity contribution >= 4 is 56.5 Å². The average molecular weight is 413 g/mol. The number of anilines is 3. The van der Waals surface area contributed by atoms with E-state index in [1.54, 1.807) is 6.07 Å². The van der Waals surface area contributed by atoms with Crippen LogP contribution in [0.5, 0.6) is 0 Å². The summed E-state index contributed by atoms with van der Waals surface area (Å²) in [5.74, 6) is 0.0948. The Morgan fingerprint density at radius 1 is 0.806 bits per heavy atom. The normalized spacial score (nSPS) is 12.5. The maximum absolute atomic E-state index is 6.10. The monoisotopic (exact) mass is 413 g/mol. The van der Waals surface area contributed by atoms with E-state index >= 15 is 0 Å². The van der Waals surface area contributed by atoms with Gasteiger partial charge < -0.3 is 28.3 Å². The lowest BCUT2D eigenvalue weighted by Crippen LogP contribution is -2.26. The highest BCUT2D eigenvalue weighted by Crippen LogP contribution is 2.26. The number of nitrogen functional groups attached to an aromatic ring is 2. The number of fused-ring (bicyclic) bond motifs is 2. The van der Waals surface area contributed by atoms with E-state index in [4.69, 9.17) is 22.9 Å². The predicted molar refractivity (Wildman–Crippen MR) is 128 cm³/mol. The van der Waals surface area contributed by atoms with Crippen LogP contribution in [0.15, 0.2) is 58.5 Å². The van der Waals surface area contributed by atoms with E-state index < -0.39 is 0 Å². The van der Waals surface area contributed by atoms with Crippen molar-refractivity contribution in [3.05, 3.63) is 59.9 Å². The first-order valence-electron chi connectivity index (χ1n) is 9.57. The minimum absolute atomic E-state index is 0.000543. The minimum Gasteiger partial charge on any atom is -0.398 e. The number of hydrogen-bond acceptors (Lipinski definition) is 5. The Balaban J connectivity index is 1.57. The number of rotatable bonds is 2. The zero-order valence-corrected chi connectivity index (χ0v) is 17.2. The minimum atomic E-state index is 0.000543. The first kappa shape index (κ1) is 19.9. The van der Waals surface area contributed by atoms with Crippen LogP contribution in [0.25, 0.3) is 21.8 Å². The summed E-state index contributed by atoms with van der Waals surface area (Å²) in [6.45, 7) is 3.79. The van der Waals surface area contributed by atoms with Crippen molar-refractivity contribution in [3.63, 3.8) is 0 Å². The summed E-state index contributed by atoms with van der Waals surface area (Å²) >= 11 is 0. The Hall–Kier alpha value is -4.40. The van der Waals surface area contributed by atoms with Crippen molar-refractivity contribution in [3.8, 4) is 0 Å². The van der Waals surface area contributed by atoms with E-state index in [0.29, 0.717) is 22.7 Å². The summed E-state index contributed by atoms with van der Waals surface area (Å²) < 4.78 is 0. The molecule has 0 aliphatic rings. The summed E-state index contributed by atoms with van der Waals surface area (Å²) in [7, 11) is 0. The summed E-state index contributed by atoms with van der Waals surface area (Å²) in [6, 6.07) is 14.6. The first-order chi connectivity index (χ1) is 14.8. The fourth-order valence-corrected chi connectivity index (χ4v) is 3.37. The molecule has 9 heteroatoms. The van der Waals surface area contributed by atoms with Gasteiger partial charge in [-0.25, -0.2) is 4.99 Å². The molecule has 31 heavy (non-hydrogen) atoms. The van der Waals surface area contributed by atoms with Gasteiger partial charge in [0.2, 0.25) is 11.9 Å². The molecule has 0 spiro atoms. The molecule has 9 nitrogen and oxygen atoms in total. The highest BCUT2D eigenvalue weighted by molar-refractivity contribution is 6.03. The van der Waals surface area contributed by atoms with Crippen LogP contribution in [0.3, 0.4) is 0 Å². The molecule has 0 saturated carbocycles. The third-order valence-corrected chi connectivity index (χ3v) is 4.67. The summed E-state index contributed by atoms with van der Waals surface area (Å²) in [4.78, 5) is 17.3. The fraction of sp³-hybridized carbons (Fsp3) is 0.0909. The van der Waals surface area contributed by atoms with Gasteiger partial charge in [0.05, 0.1) is 16.7 Å². The maximum atomic E-state index is 6.10. The van der Waals surface area contributed by atoms with Gasteiger partial charge in [0.15, 0.2) is 0 Å². The van der Waals surface area contributed by atoms with E-state index in [1.807, 2.05) is 56.3 Å². The number of pyridine rings is 2. The molecule has 0 atom stereocenters. The van der Waals surface area contributed by atoms with Gasteiger partial charge in [-0.05, 0) is 62.4 Å². The van der Waals surface area contributed by atoms with E-state index in [9.17, 15) is 0 Å². The molecule has 4 rings (SSSR count). The fourth-order valence-electron chi connectivity index (χ4n) is 3.37. The van der Waals surface area contributed by atoms with E-state index in [2.05, 4.69) is 25.3 Å². The molecule has 0 saturated heterocycles. The lowest BCUT2D eigenvalue weighted by atomic mass is 10.1. The van der Waals surface area contributed by atoms with Crippen LogP contribution in [-0.4, -0.2) is 21.9 Å². The molecule has 0 bridgehead atoms. The Morgan fingerprint density at radius 3 is 2.03 bits per heavy atom. The van der Waals surface area contributed by atoms with Crippen molar-refractivity contribution in [1.82, 2.24) is 9.97 Å². The molecular weight excluding hydrogens is 390 g/mol. The molecular formula is C22H23N9.